The van der Waals surface area contributed by atoms with Gasteiger partial charge in [-0.2, -0.15) is 0 Å². The van der Waals surface area contributed by atoms with Crippen LogP contribution in [-0.2, 0) is 27.9 Å². The zero-order valence-corrected chi connectivity index (χ0v) is 47.2. The topological polar surface area (TPSA) is 94.1 Å². The third kappa shape index (κ3) is 57.2. The van der Waals surface area contributed by atoms with E-state index in [0.717, 1.165) is 44.9 Å². The molecule has 0 fully saturated rings. The van der Waals surface area contributed by atoms with Crippen molar-refractivity contribution in [2.75, 3.05) is 54.1 Å². The number of ether oxygens (including phenoxy) is 2. The molecule has 2 atom stereocenters. The van der Waals surface area contributed by atoms with Crippen LogP contribution in [0.4, 0.5) is 0 Å². The smallest absolute Gasteiger partial charge is 0.306 e. The van der Waals surface area contributed by atoms with Gasteiger partial charge in [0.15, 0.2) is 0 Å². The van der Waals surface area contributed by atoms with Gasteiger partial charge in [0, 0.05) is 13.0 Å². The number of phosphoric ester groups is 1. The number of unbranched alkanes of at least 4 members (excludes halogenated alkanes) is 33. The van der Waals surface area contributed by atoms with Gasteiger partial charge in [-0.3, -0.25) is 9.36 Å². The minimum absolute atomic E-state index is 0.0252. The summed E-state index contributed by atoms with van der Waals surface area (Å²) < 4.78 is 34.9. The van der Waals surface area contributed by atoms with Gasteiger partial charge < -0.3 is 27.9 Å². The zero-order valence-electron chi connectivity index (χ0n) is 46.3. The Balaban J connectivity index is 4.06. The highest BCUT2D eigenvalue weighted by Gasteiger charge is 2.20. The molecule has 0 amide bonds. The molecule has 0 radical (unpaired) electrons. The van der Waals surface area contributed by atoms with E-state index in [9.17, 15) is 14.3 Å². The first-order valence-corrected chi connectivity index (χ1v) is 30.8. The van der Waals surface area contributed by atoms with Crippen LogP contribution >= 0.6 is 7.82 Å². The fourth-order valence-corrected chi connectivity index (χ4v) is 9.04. The van der Waals surface area contributed by atoms with Gasteiger partial charge in [-0.1, -0.05) is 236 Å². The predicted octanol–water partition coefficient (Wildman–Crippen LogP) is 18.0. The normalized spacial score (nSPS) is 13.8. The van der Waals surface area contributed by atoms with E-state index in [-0.39, 0.29) is 25.8 Å². The molecular formula is C60H114NO7P. The number of hydrogen-bond donors (Lipinski definition) is 0. The molecule has 69 heavy (non-hydrogen) atoms. The molecule has 0 aliphatic heterocycles. The predicted molar refractivity (Wildman–Crippen MR) is 296 cm³/mol. The minimum Gasteiger partial charge on any atom is -0.756 e. The van der Waals surface area contributed by atoms with Crippen molar-refractivity contribution in [3.05, 3.63) is 48.6 Å². The van der Waals surface area contributed by atoms with Crippen molar-refractivity contribution in [3.63, 3.8) is 0 Å². The lowest BCUT2D eigenvalue weighted by Gasteiger charge is -2.28. The summed E-state index contributed by atoms with van der Waals surface area (Å²) in [5.74, 6) is -0.333. The van der Waals surface area contributed by atoms with Crippen molar-refractivity contribution in [2.24, 2.45) is 0 Å². The first-order chi connectivity index (χ1) is 33.6. The van der Waals surface area contributed by atoms with Crippen LogP contribution in [-0.4, -0.2) is 70.7 Å². The van der Waals surface area contributed by atoms with Gasteiger partial charge in [-0.05, 0) is 77.0 Å². The number of nitrogens with zero attached hydrogens (tertiary/aromatic N) is 1. The second-order valence-electron chi connectivity index (χ2n) is 21.0. The maximum atomic E-state index is 12.8. The number of hydrogen-bond acceptors (Lipinski definition) is 7. The molecule has 0 aliphatic carbocycles. The highest BCUT2D eigenvalue weighted by atomic mass is 31.2. The van der Waals surface area contributed by atoms with E-state index in [2.05, 4.69) is 62.5 Å². The third-order valence-corrected chi connectivity index (χ3v) is 13.8. The Bertz CT molecular complexity index is 1240. The van der Waals surface area contributed by atoms with Gasteiger partial charge in [0.1, 0.15) is 19.3 Å². The second kappa shape index (κ2) is 52.8. The lowest BCUT2D eigenvalue weighted by molar-refractivity contribution is -0.870. The molecule has 0 bridgehead atoms. The molecule has 0 aromatic carbocycles. The van der Waals surface area contributed by atoms with Gasteiger partial charge in [-0.25, -0.2) is 0 Å². The van der Waals surface area contributed by atoms with E-state index >= 15 is 0 Å². The van der Waals surface area contributed by atoms with E-state index in [4.69, 9.17) is 18.5 Å². The summed E-state index contributed by atoms with van der Waals surface area (Å²) >= 11 is 0. The van der Waals surface area contributed by atoms with Gasteiger partial charge >= 0.3 is 5.97 Å². The molecular weight excluding hydrogens is 878 g/mol. The first-order valence-electron chi connectivity index (χ1n) is 29.4. The molecule has 0 N–H and O–H groups in total. The minimum atomic E-state index is -4.54. The van der Waals surface area contributed by atoms with Crippen LogP contribution in [0, 0.1) is 0 Å². The Morgan fingerprint density at radius 1 is 0.449 bits per heavy atom. The Kier molecular flexibility index (Phi) is 51.6. The average Bonchev–Trinajstić information content (AvgIpc) is 3.31. The fourth-order valence-electron chi connectivity index (χ4n) is 8.32. The summed E-state index contributed by atoms with van der Waals surface area (Å²) in [4.78, 5) is 25.3. The van der Waals surface area contributed by atoms with Crippen LogP contribution in [0.3, 0.4) is 0 Å². The maximum Gasteiger partial charge on any atom is 0.306 e. The maximum absolute atomic E-state index is 12.8. The molecule has 2 unspecified atom stereocenters. The van der Waals surface area contributed by atoms with Crippen LogP contribution in [0.5, 0.6) is 0 Å². The molecule has 0 saturated carbocycles. The first kappa shape index (κ1) is 67.5. The molecule has 0 rings (SSSR count). The van der Waals surface area contributed by atoms with Crippen molar-refractivity contribution in [2.45, 2.75) is 277 Å². The number of carbonyl (C=O) groups is 1. The fraction of sp³-hybridized carbons (Fsp3) is 0.850. The van der Waals surface area contributed by atoms with Crippen molar-refractivity contribution >= 4 is 13.8 Å². The van der Waals surface area contributed by atoms with Gasteiger partial charge in [0.2, 0.25) is 0 Å². The molecule has 9 heteroatoms. The van der Waals surface area contributed by atoms with E-state index in [1.54, 1.807) is 0 Å². The summed E-state index contributed by atoms with van der Waals surface area (Å²) in [7, 11) is 1.36. The molecule has 406 valence electrons. The molecule has 8 nitrogen and oxygen atoms in total. The monoisotopic (exact) mass is 992 g/mol. The van der Waals surface area contributed by atoms with Crippen molar-refractivity contribution in [3.8, 4) is 0 Å². The number of esters is 1. The number of quaternary nitrogens is 1. The second-order valence-corrected chi connectivity index (χ2v) is 22.4. The summed E-state index contributed by atoms with van der Waals surface area (Å²) in [5, 5.41) is 0. The summed E-state index contributed by atoms with van der Waals surface area (Å²) in [6.07, 6.45) is 67.2. The van der Waals surface area contributed by atoms with Crippen LogP contribution in [0.2, 0.25) is 0 Å². The molecule has 0 spiro atoms. The van der Waals surface area contributed by atoms with Gasteiger partial charge in [0.05, 0.1) is 34.4 Å². The Morgan fingerprint density at radius 2 is 0.797 bits per heavy atom. The van der Waals surface area contributed by atoms with Crippen molar-refractivity contribution in [1.29, 1.82) is 0 Å². The Labute approximate surface area is 428 Å². The summed E-state index contributed by atoms with van der Waals surface area (Å²) in [5.41, 5.74) is 0. The number of rotatable bonds is 55. The largest absolute Gasteiger partial charge is 0.756 e. The quantitative estimate of drug-likeness (QED) is 0.0197. The summed E-state index contributed by atoms with van der Waals surface area (Å²) in [6.45, 7) is 5.43. The number of allylic oxidation sites excluding steroid dienone is 8. The van der Waals surface area contributed by atoms with E-state index in [1.165, 1.54) is 205 Å². The highest BCUT2D eigenvalue weighted by Crippen LogP contribution is 2.38. The van der Waals surface area contributed by atoms with E-state index in [0.29, 0.717) is 24.1 Å². The van der Waals surface area contributed by atoms with E-state index in [1.807, 2.05) is 21.1 Å². The Morgan fingerprint density at radius 3 is 1.17 bits per heavy atom. The van der Waals surface area contributed by atoms with Crippen molar-refractivity contribution in [1.82, 2.24) is 0 Å². The molecule has 0 saturated heterocycles. The zero-order chi connectivity index (χ0) is 50.5. The number of carbonyl (C=O) groups excluding carboxylic acids is 1. The Hall–Kier alpha value is -1.54. The van der Waals surface area contributed by atoms with Crippen LogP contribution in [0.25, 0.3) is 0 Å². The third-order valence-electron chi connectivity index (χ3n) is 12.9. The van der Waals surface area contributed by atoms with Crippen LogP contribution < -0.4 is 4.89 Å². The molecule has 0 aromatic rings. The van der Waals surface area contributed by atoms with Crippen LogP contribution in [0.15, 0.2) is 48.6 Å². The lowest BCUT2D eigenvalue weighted by Crippen LogP contribution is -2.37. The number of phosphoric acid groups is 1. The lowest BCUT2D eigenvalue weighted by atomic mass is 10.0. The SMILES string of the molecule is CCCCCCC/C=C\C/C=C\CCCCCCCCCCCCCCCC(=O)OC(COCCCCCCCCCCCC/C=C\C/C=C\CCCCCCC)COP(=O)([O-])OCC[N+](C)(C)C. The van der Waals surface area contributed by atoms with Crippen LogP contribution in [0.1, 0.15) is 271 Å². The molecule has 0 heterocycles. The average molecular weight is 993 g/mol. The molecule has 0 aliphatic rings. The van der Waals surface area contributed by atoms with Gasteiger partial charge in [-0.15, -0.1) is 0 Å². The standard InChI is InChI=1S/C60H114NO7P/c1-6-8-10-12-14-16-18-20-22-24-26-28-30-31-32-33-35-37-39-41-43-45-47-49-51-53-60(62)68-59(58-67-69(63,64)66-56-54-61(3,4)5)57-65-55-52-50-48-46-44-42-40-38-36-34-29-27-25-23-21-19-17-15-13-11-9-7-2/h18-21,24-27,59H,6-17,22-23,28-58H2,1-5H3/b20-18-,21-19-,26-24-,27-25-. The van der Waals surface area contributed by atoms with Gasteiger partial charge in [0.25, 0.3) is 7.82 Å². The highest BCUT2D eigenvalue weighted by molar-refractivity contribution is 7.45. The number of likely N-dealkylation sites (N-methyl/N-ethyl adjacent to an activating group) is 1. The van der Waals surface area contributed by atoms with Crippen molar-refractivity contribution < 1.29 is 37.3 Å². The molecule has 0 aromatic heterocycles. The summed E-state index contributed by atoms with van der Waals surface area (Å²) in [6, 6.07) is 0. The van der Waals surface area contributed by atoms with E-state index < -0.39 is 13.9 Å².